The van der Waals surface area contributed by atoms with E-state index in [1.54, 1.807) is 12.3 Å². The molecule has 0 bridgehead atoms. The monoisotopic (exact) mass is 316 g/mol. The topological polar surface area (TPSA) is 24.4 Å². The number of anilines is 1. The molecule has 0 spiro atoms. The molecule has 1 aromatic rings. The molecule has 0 unspecified atom stereocenters. The molecule has 0 atom stereocenters. The Labute approximate surface area is 135 Å². The van der Waals surface area contributed by atoms with E-state index in [-0.39, 0.29) is 5.83 Å². The molecule has 0 saturated carbocycles. The first-order valence-corrected chi connectivity index (χ1v) is 7.35. The largest absolute Gasteiger partial charge is 0.381 e. The molecule has 4 heteroatoms. The van der Waals surface area contributed by atoms with E-state index in [1.165, 1.54) is 6.08 Å². The number of aryl methyl sites for hydroxylation is 1. The van der Waals surface area contributed by atoms with Crippen LogP contribution in [0, 0.1) is 6.92 Å². The zero-order valence-electron chi connectivity index (χ0n) is 12.7. The lowest BCUT2D eigenvalue weighted by Crippen LogP contribution is -2.11. The third-order valence-corrected chi connectivity index (χ3v) is 3.51. The minimum Gasteiger partial charge on any atom is -0.381 e. The highest BCUT2D eigenvalue weighted by Crippen LogP contribution is 2.24. The first kappa shape index (κ1) is 16.2. The molecule has 1 aliphatic rings. The number of hydrogen-bond donors (Lipinski definition) is 1. The van der Waals surface area contributed by atoms with Crippen molar-refractivity contribution in [3.05, 3.63) is 76.8 Å². The number of halogens is 2. The zero-order valence-corrected chi connectivity index (χ0v) is 13.4. The van der Waals surface area contributed by atoms with Crippen molar-refractivity contribution in [2.75, 3.05) is 11.9 Å². The average molecular weight is 317 g/mol. The van der Waals surface area contributed by atoms with Gasteiger partial charge in [-0.05, 0) is 49.3 Å². The van der Waals surface area contributed by atoms with Crippen LogP contribution in [0.5, 0.6) is 0 Å². The van der Waals surface area contributed by atoms with Crippen LogP contribution in [-0.2, 0) is 0 Å². The Morgan fingerprint density at radius 3 is 2.86 bits per heavy atom. The van der Waals surface area contributed by atoms with Crippen LogP contribution in [0.1, 0.15) is 12.5 Å². The third-order valence-electron chi connectivity index (χ3n) is 3.28. The fourth-order valence-electron chi connectivity index (χ4n) is 2.03. The first-order chi connectivity index (χ1) is 10.5. The Morgan fingerprint density at radius 2 is 2.14 bits per heavy atom. The molecule has 0 radical (unpaired) electrons. The molecule has 0 aliphatic heterocycles. The Hall–Kier alpha value is -2.13. The molecule has 1 aliphatic carbocycles. The Balaban J connectivity index is 2.18. The standard InChI is InChI=1S/C18H18ClFN2/c1-4-7-21-18-9-14(8-16(20)13(18)3)11-22-17-10-15(19)6-5-12(17)2/h4-10,22H,3,11H2,1-2H3/b7-4-,21-18?. The van der Waals surface area contributed by atoms with Gasteiger partial charge in [-0.1, -0.05) is 30.3 Å². The Morgan fingerprint density at radius 1 is 1.36 bits per heavy atom. The highest BCUT2D eigenvalue weighted by atomic mass is 35.5. The summed E-state index contributed by atoms with van der Waals surface area (Å²) in [5.74, 6) is -0.356. The summed E-state index contributed by atoms with van der Waals surface area (Å²) >= 11 is 6.00. The lowest BCUT2D eigenvalue weighted by atomic mass is 10.00. The fraction of sp³-hybridized carbons (Fsp3) is 0.167. The summed E-state index contributed by atoms with van der Waals surface area (Å²) in [6.07, 6.45) is 6.72. The molecule has 1 aromatic carbocycles. The first-order valence-electron chi connectivity index (χ1n) is 6.97. The molecule has 0 aromatic heterocycles. The van der Waals surface area contributed by atoms with Crippen molar-refractivity contribution < 1.29 is 4.39 Å². The second-order valence-electron chi connectivity index (χ2n) is 5.00. The van der Waals surface area contributed by atoms with E-state index in [9.17, 15) is 4.39 Å². The van der Waals surface area contributed by atoms with Crippen molar-refractivity contribution >= 4 is 23.0 Å². The minimum absolute atomic E-state index is 0.306. The van der Waals surface area contributed by atoms with Crippen molar-refractivity contribution in [1.29, 1.82) is 0 Å². The number of rotatable bonds is 4. The maximum atomic E-state index is 13.9. The van der Waals surface area contributed by atoms with Gasteiger partial charge in [0.2, 0.25) is 0 Å². The molecular formula is C18H18ClFN2. The van der Waals surface area contributed by atoms with Crippen molar-refractivity contribution in [3.63, 3.8) is 0 Å². The van der Waals surface area contributed by atoms with E-state index in [1.807, 2.05) is 38.1 Å². The van der Waals surface area contributed by atoms with Gasteiger partial charge >= 0.3 is 0 Å². The molecule has 2 rings (SSSR count). The van der Waals surface area contributed by atoms with Crippen LogP contribution >= 0.6 is 11.6 Å². The van der Waals surface area contributed by atoms with Gasteiger partial charge in [-0.2, -0.15) is 0 Å². The van der Waals surface area contributed by atoms with Gasteiger partial charge in [0.25, 0.3) is 0 Å². The van der Waals surface area contributed by atoms with Gasteiger partial charge in [0, 0.05) is 29.0 Å². The van der Waals surface area contributed by atoms with Crippen LogP contribution in [0.25, 0.3) is 0 Å². The minimum atomic E-state index is -0.356. The average Bonchev–Trinajstić information content (AvgIpc) is 2.50. The number of nitrogens with zero attached hydrogens (tertiary/aromatic N) is 1. The summed E-state index contributed by atoms with van der Waals surface area (Å²) in [6.45, 7) is 8.05. The predicted octanol–water partition coefficient (Wildman–Crippen LogP) is 5.38. The number of allylic oxidation sites excluding steroid dienone is 4. The van der Waals surface area contributed by atoms with E-state index in [2.05, 4.69) is 16.9 Å². The van der Waals surface area contributed by atoms with E-state index < -0.39 is 0 Å². The second-order valence-corrected chi connectivity index (χ2v) is 5.44. The number of nitrogens with one attached hydrogen (secondary N) is 1. The molecule has 0 amide bonds. The quantitative estimate of drug-likeness (QED) is 0.792. The molecule has 22 heavy (non-hydrogen) atoms. The van der Waals surface area contributed by atoms with Gasteiger partial charge in [-0.3, -0.25) is 4.99 Å². The Bertz CT molecular complexity index is 712. The molecular weight excluding hydrogens is 299 g/mol. The van der Waals surface area contributed by atoms with Gasteiger partial charge in [-0.15, -0.1) is 0 Å². The fourth-order valence-corrected chi connectivity index (χ4v) is 2.20. The molecule has 2 nitrogen and oxygen atoms in total. The maximum Gasteiger partial charge on any atom is 0.132 e. The summed E-state index contributed by atoms with van der Waals surface area (Å²) in [7, 11) is 0. The highest BCUT2D eigenvalue weighted by Gasteiger charge is 2.14. The molecule has 0 heterocycles. The summed E-state index contributed by atoms with van der Waals surface area (Å²) in [4.78, 5) is 4.20. The van der Waals surface area contributed by atoms with Crippen molar-refractivity contribution in [2.45, 2.75) is 13.8 Å². The van der Waals surface area contributed by atoms with Gasteiger partial charge in [0.15, 0.2) is 0 Å². The molecule has 0 saturated heterocycles. The van der Waals surface area contributed by atoms with Crippen LogP contribution in [-0.4, -0.2) is 12.3 Å². The van der Waals surface area contributed by atoms with Crippen molar-refractivity contribution in [3.8, 4) is 0 Å². The summed E-state index contributed by atoms with van der Waals surface area (Å²) in [5.41, 5.74) is 3.65. The van der Waals surface area contributed by atoms with Crippen LogP contribution < -0.4 is 5.32 Å². The SMILES string of the molecule is C=C1C(F)=CC(CNc2cc(Cl)ccc2C)=CC1=N/C=C\C. The van der Waals surface area contributed by atoms with Gasteiger partial charge in [0.05, 0.1) is 5.71 Å². The van der Waals surface area contributed by atoms with Crippen molar-refractivity contribution in [1.82, 2.24) is 0 Å². The second kappa shape index (κ2) is 7.23. The van der Waals surface area contributed by atoms with Crippen LogP contribution in [0.2, 0.25) is 5.02 Å². The number of benzene rings is 1. The van der Waals surface area contributed by atoms with Crippen LogP contribution in [0.3, 0.4) is 0 Å². The predicted molar refractivity (Wildman–Crippen MR) is 93.3 cm³/mol. The molecule has 1 N–H and O–H groups in total. The van der Waals surface area contributed by atoms with Crippen molar-refractivity contribution in [2.24, 2.45) is 4.99 Å². The number of hydrogen-bond acceptors (Lipinski definition) is 2. The van der Waals surface area contributed by atoms with E-state index in [0.717, 1.165) is 16.8 Å². The smallest absolute Gasteiger partial charge is 0.132 e. The number of aliphatic imine (C=N–C) groups is 1. The van der Waals surface area contributed by atoms with Gasteiger partial charge < -0.3 is 5.32 Å². The van der Waals surface area contributed by atoms with E-state index in [0.29, 0.717) is 22.9 Å². The van der Waals surface area contributed by atoms with Gasteiger partial charge in [0.1, 0.15) is 5.83 Å². The Kier molecular flexibility index (Phi) is 5.34. The van der Waals surface area contributed by atoms with E-state index in [4.69, 9.17) is 11.6 Å². The third kappa shape index (κ3) is 3.95. The highest BCUT2D eigenvalue weighted by molar-refractivity contribution is 6.30. The van der Waals surface area contributed by atoms with Gasteiger partial charge in [-0.25, -0.2) is 4.39 Å². The van der Waals surface area contributed by atoms with Crippen LogP contribution in [0.15, 0.2) is 71.2 Å². The van der Waals surface area contributed by atoms with E-state index >= 15 is 0 Å². The normalized spacial score (nSPS) is 16.9. The maximum absolute atomic E-state index is 13.9. The summed E-state index contributed by atoms with van der Waals surface area (Å²) < 4.78 is 13.9. The summed E-state index contributed by atoms with van der Waals surface area (Å²) in [5, 5.41) is 3.93. The summed E-state index contributed by atoms with van der Waals surface area (Å²) in [6, 6.07) is 5.64. The lowest BCUT2D eigenvalue weighted by Gasteiger charge is -2.15. The lowest BCUT2D eigenvalue weighted by molar-refractivity contribution is 0.658. The molecule has 114 valence electrons. The zero-order chi connectivity index (χ0) is 16.1. The van der Waals surface area contributed by atoms with Crippen LogP contribution in [0.4, 0.5) is 10.1 Å². The molecule has 0 fully saturated rings.